The van der Waals surface area contributed by atoms with Gasteiger partial charge in [-0.25, -0.2) is 8.42 Å². The van der Waals surface area contributed by atoms with Gasteiger partial charge in [0.15, 0.2) is 9.84 Å². The van der Waals surface area contributed by atoms with Crippen LogP contribution in [0.2, 0.25) is 0 Å². The molecule has 1 N–H and O–H groups in total. The van der Waals surface area contributed by atoms with Gasteiger partial charge in [0.25, 0.3) is 5.91 Å². The van der Waals surface area contributed by atoms with E-state index >= 15 is 0 Å². The summed E-state index contributed by atoms with van der Waals surface area (Å²) in [5.41, 5.74) is 4.69. The van der Waals surface area contributed by atoms with Crippen molar-refractivity contribution in [2.75, 3.05) is 6.26 Å². The third-order valence-electron chi connectivity index (χ3n) is 5.22. The van der Waals surface area contributed by atoms with Crippen LogP contribution >= 0.6 is 11.3 Å². The van der Waals surface area contributed by atoms with Gasteiger partial charge in [-0.3, -0.25) is 4.79 Å². The van der Waals surface area contributed by atoms with Crippen LogP contribution in [-0.2, 0) is 9.84 Å². The number of hydrogen-bond donors (Lipinski definition) is 1. The van der Waals surface area contributed by atoms with Crippen LogP contribution in [0, 0.1) is 27.7 Å². The Hall–Kier alpha value is -2.38. The van der Waals surface area contributed by atoms with Gasteiger partial charge < -0.3 is 9.88 Å². The lowest BCUT2D eigenvalue weighted by atomic mass is 10.1. The maximum atomic E-state index is 13.2. The zero-order valence-corrected chi connectivity index (χ0v) is 19.2. The minimum atomic E-state index is -3.24. The summed E-state index contributed by atoms with van der Waals surface area (Å²) in [6.45, 7) is 9.97. The highest BCUT2D eigenvalue weighted by molar-refractivity contribution is 7.90. The minimum absolute atomic E-state index is 0.131. The Morgan fingerprint density at radius 2 is 1.55 bits per heavy atom. The molecule has 0 bridgehead atoms. The van der Waals surface area contributed by atoms with Crippen LogP contribution in [0.5, 0.6) is 0 Å². The molecule has 1 atom stereocenters. The highest BCUT2D eigenvalue weighted by Crippen LogP contribution is 2.33. The van der Waals surface area contributed by atoms with Crippen LogP contribution in [0.1, 0.15) is 50.7 Å². The number of nitrogens with one attached hydrogen (secondary N) is 1. The fourth-order valence-corrected chi connectivity index (χ4v) is 5.28. The van der Waals surface area contributed by atoms with Crippen LogP contribution in [-0.4, -0.2) is 25.1 Å². The molecule has 7 heteroatoms. The number of benzene rings is 1. The van der Waals surface area contributed by atoms with E-state index in [0.29, 0.717) is 5.56 Å². The van der Waals surface area contributed by atoms with Crippen LogP contribution in [0.15, 0.2) is 41.3 Å². The quantitative estimate of drug-likeness (QED) is 0.640. The molecule has 0 aliphatic carbocycles. The molecule has 3 rings (SSSR count). The molecule has 0 fully saturated rings. The van der Waals surface area contributed by atoms with Gasteiger partial charge in [0.2, 0.25) is 0 Å². The SMILES string of the molecule is Cc1sc(-n2c(C)ccc2C)c(C(=O)N[C@@H](C)c2ccc(S(C)(=O)=O)cc2)c1C. The fourth-order valence-electron chi connectivity index (χ4n) is 3.38. The Bertz CT molecular complexity index is 1150. The molecule has 0 aliphatic heterocycles. The molecule has 0 aliphatic rings. The lowest BCUT2D eigenvalue weighted by Gasteiger charge is -2.17. The lowest BCUT2D eigenvalue weighted by molar-refractivity contribution is 0.0939. The molecular formula is C22H26N2O3S2. The number of amides is 1. The van der Waals surface area contributed by atoms with E-state index < -0.39 is 9.84 Å². The number of aromatic nitrogens is 1. The summed E-state index contributed by atoms with van der Waals surface area (Å²) in [6, 6.07) is 10.5. The summed E-state index contributed by atoms with van der Waals surface area (Å²) in [5, 5.41) is 4.00. The van der Waals surface area contributed by atoms with E-state index in [9.17, 15) is 13.2 Å². The number of thiophene rings is 1. The third kappa shape index (κ3) is 4.16. The third-order valence-corrected chi connectivity index (χ3v) is 7.54. The van der Waals surface area contributed by atoms with Gasteiger partial charge in [-0.2, -0.15) is 0 Å². The van der Waals surface area contributed by atoms with Crippen molar-refractivity contribution >= 4 is 27.1 Å². The Morgan fingerprint density at radius 1 is 1.00 bits per heavy atom. The lowest BCUT2D eigenvalue weighted by Crippen LogP contribution is -2.28. The first-order valence-corrected chi connectivity index (χ1v) is 12.1. The molecule has 0 radical (unpaired) electrons. The summed E-state index contributed by atoms with van der Waals surface area (Å²) in [4.78, 5) is 14.6. The Labute approximate surface area is 176 Å². The number of aryl methyl sites for hydroxylation is 3. The van der Waals surface area contributed by atoms with Crippen LogP contribution < -0.4 is 5.32 Å². The van der Waals surface area contributed by atoms with Crippen LogP contribution in [0.3, 0.4) is 0 Å². The van der Waals surface area contributed by atoms with Gasteiger partial charge in [-0.1, -0.05) is 12.1 Å². The molecule has 1 amide bonds. The molecule has 0 spiro atoms. The highest BCUT2D eigenvalue weighted by atomic mass is 32.2. The van der Waals surface area contributed by atoms with Gasteiger partial charge >= 0.3 is 0 Å². The fraction of sp³-hybridized carbons (Fsp3) is 0.318. The monoisotopic (exact) mass is 430 g/mol. The molecule has 1 aromatic carbocycles. The van der Waals surface area contributed by atoms with Crippen molar-refractivity contribution in [3.05, 3.63) is 69.4 Å². The summed E-state index contributed by atoms with van der Waals surface area (Å²) in [5.74, 6) is -0.131. The van der Waals surface area contributed by atoms with E-state index in [-0.39, 0.29) is 16.8 Å². The van der Waals surface area contributed by atoms with Crippen molar-refractivity contribution in [3.8, 4) is 5.00 Å². The molecule has 0 saturated heterocycles. The number of carbonyl (C=O) groups excluding carboxylic acids is 1. The van der Waals surface area contributed by atoms with E-state index in [2.05, 4.69) is 9.88 Å². The van der Waals surface area contributed by atoms with Gasteiger partial charge in [0.05, 0.1) is 16.5 Å². The second-order valence-corrected chi connectivity index (χ2v) is 10.7. The standard InChI is InChI=1S/C22H26N2O3S2/c1-13-7-8-14(2)24(13)22-20(15(3)17(5)28-22)21(25)23-16(4)18-9-11-19(12-10-18)29(6,26)27/h7-12,16H,1-6H3,(H,23,25)/t16-/m0/s1. The molecule has 0 unspecified atom stereocenters. The molecule has 0 saturated carbocycles. The number of carbonyl (C=O) groups is 1. The second-order valence-electron chi connectivity index (χ2n) is 7.45. The second kappa shape index (κ2) is 7.80. The minimum Gasteiger partial charge on any atom is -0.345 e. The Kier molecular flexibility index (Phi) is 5.74. The number of hydrogen-bond acceptors (Lipinski definition) is 4. The van der Waals surface area contributed by atoms with E-state index in [4.69, 9.17) is 0 Å². The van der Waals surface area contributed by atoms with Crippen molar-refractivity contribution in [3.63, 3.8) is 0 Å². The van der Waals surface area contributed by atoms with Crippen LogP contribution in [0.4, 0.5) is 0 Å². The van der Waals surface area contributed by atoms with Gasteiger partial charge in [0.1, 0.15) is 5.00 Å². The molecule has 29 heavy (non-hydrogen) atoms. The zero-order chi connectivity index (χ0) is 21.5. The summed E-state index contributed by atoms with van der Waals surface area (Å²) >= 11 is 1.62. The smallest absolute Gasteiger partial charge is 0.255 e. The topological polar surface area (TPSA) is 68.2 Å². The van der Waals surface area contributed by atoms with Crippen molar-refractivity contribution in [2.24, 2.45) is 0 Å². The van der Waals surface area contributed by atoms with Crippen molar-refractivity contribution < 1.29 is 13.2 Å². The largest absolute Gasteiger partial charge is 0.345 e. The molecule has 5 nitrogen and oxygen atoms in total. The zero-order valence-electron chi connectivity index (χ0n) is 17.5. The summed E-state index contributed by atoms with van der Waals surface area (Å²) < 4.78 is 25.4. The Balaban J connectivity index is 1.92. The maximum absolute atomic E-state index is 13.2. The van der Waals surface area contributed by atoms with Gasteiger partial charge in [-0.05, 0) is 70.0 Å². The predicted octanol–water partition coefficient (Wildman–Crippen LogP) is 4.67. The molecular weight excluding hydrogens is 404 g/mol. The molecule has 3 aromatic rings. The highest BCUT2D eigenvalue weighted by Gasteiger charge is 2.23. The van der Waals surface area contributed by atoms with E-state index in [1.165, 1.54) is 6.26 Å². The van der Waals surface area contributed by atoms with Crippen LogP contribution in [0.25, 0.3) is 5.00 Å². The molecule has 2 aromatic heterocycles. The average molecular weight is 431 g/mol. The van der Waals surface area contributed by atoms with Crippen molar-refractivity contribution in [1.29, 1.82) is 0 Å². The first-order chi connectivity index (χ1) is 13.5. The normalized spacial score (nSPS) is 12.8. The maximum Gasteiger partial charge on any atom is 0.255 e. The summed E-state index contributed by atoms with van der Waals surface area (Å²) in [6.07, 6.45) is 1.18. The van der Waals surface area contributed by atoms with E-state index in [1.807, 2.05) is 46.8 Å². The molecule has 2 heterocycles. The van der Waals surface area contributed by atoms with E-state index in [1.54, 1.807) is 35.6 Å². The van der Waals surface area contributed by atoms with Crippen molar-refractivity contribution in [1.82, 2.24) is 9.88 Å². The average Bonchev–Trinajstić information content (AvgIpc) is 3.12. The number of rotatable bonds is 5. The van der Waals surface area contributed by atoms with Gasteiger partial charge in [-0.15, -0.1) is 11.3 Å². The molecule has 154 valence electrons. The van der Waals surface area contributed by atoms with Crippen molar-refractivity contribution in [2.45, 2.75) is 45.6 Å². The first-order valence-electron chi connectivity index (χ1n) is 9.37. The van der Waals surface area contributed by atoms with Gasteiger partial charge in [0, 0.05) is 22.5 Å². The van der Waals surface area contributed by atoms with E-state index in [0.717, 1.165) is 32.4 Å². The summed E-state index contributed by atoms with van der Waals surface area (Å²) in [7, 11) is -3.24. The number of sulfone groups is 1. The number of nitrogens with zero attached hydrogens (tertiary/aromatic N) is 1. The Morgan fingerprint density at radius 3 is 2.07 bits per heavy atom. The predicted molar refractivity (Wildman–Crippen MR) is 118 cm³/mol. The first kappa shape index (κ1) is 21.3.